The van der Waals surface area contributed by atoms with Crippen LogP contribution in [0.3, 0.4) is 0 Å². The van der Waals surface area contributed by atoms with Gasteiger partial charge in [-0.05, 0) is 31.5 Å². The van der Waals surface area contributed by atoms with Crippen LogP contribution in [0.2, 0.25) is 15.1 Å². The monoisotopic (exact) mass is 357 g/mol. The molecule has 2 rings (SSSR count). The number of aryl methyl sites for hydroxylation is 1. The Morgan fingerprint density at radius 2 is 1.73 bits per heavy atom. The SMILES string of the molecule is Cc1ccccc1NC(=O)[C@H](C)Oc1cc(Cl)c(Cl)cc1Cl. The fourth-order valence-electron chi connectivity index (χ4n) is 1.79. The third kappa shape index (κ3) is 4.07. The summed E-state index contributed by atoms with van der Waals surface area (Å²) in [6.45, 7) is 3.55. The molecule has 2 aromatic carbocycles. The van der Waals surface area contributed by atoms with Crippen LogP contribution in [0.15, 0.2) is 36.4 Å². The number of anilines is 1. The van der Waals surface area contributed by atoms with Crippen molar-refractivity contribution in [1.82, 2.24) is 0 Å². The van der Waals surface area contributed by atoms with Gasteiger partial charge in [-0.2, -0.15) is 0 Å². The second-order valence-electron chi connectivity index (χ2n) is 4.76. The van der Waals surface area contributed by atoms with Gasteiger partial charge in [0, 0.05) is 11.8 Å². The maximum Gasteiger partial charge on any atom is 0.265 e. The van der Waals surface area contributed by atoms with E-state index in [4.69, 9.17) is 39.5 Å². The van der Waals surface area contributed by atoms with Gasteiger partial charge < -0.3 is 10.1 Å². The zero-order valence-electron chi connectivity index (χ0n) is 12.0. The van der Waals surface area contributed by atoms with Gasteiger partial charge in [0.15, 0.2) is 6.10 Å². The first-order valence-corrected chi connectivity index (χ1v) is 7.69. The molecule has 0 bridgehead atoms. The summed E-state index contributed by atoms with van der Waals surface area (Å²) in [5, 5.41) is 3.75. The van der Waals surface area contributed by atoms with Crippen LogP contribution in [-0.2, 0) is 4.79 Å². The molecule has 22 heavy (non-hydrogen) atoms. The Morgan fingerprint density at radius 1 is 1.09 bits per heavy atom. The zero-order valence-corrected chi connectivity index (χ0v) is 14.3. The topological polar surface area (TPSA) is 38.3 Å². The molecule has 0 unspecified atom stereocenters. The molecule has 0 heterocycles. The van der Waals surface area contributed by atoms with Crippen molar-refractivity contribution in [3.8, 4) is 5.75 Å². The fourth-order valence-corrected chi connectivity index (χ4v) is 2.37. The van der Waals surface area contributed by atoms with Gasteiger partial charge in [-0.3, -0.25) is 4.79 Å². The Hall–Kier alpha value is -1.42. The lowest BCUT2D eigenvalue weighted by Gasteiger charge is -2.17. The minimum Gasteiger partial charge on any atom is -0.479 e. The van der Waals surface area contributed by atoms with Crippen molar-refractivity contribution in [3.05, 3.63) is 57.0 Å². The van der Waals surface area contributed by atoms with E-state index < -0.39 is 6.10 Å². The van der Waals surface area contributed by atoms with E-state index in [9.17, 15) is 4.79 Å². The summed E-state index contributed by atoms with van der Waals surface area (Å²) >= 11 is 17.8. The van der Waals surface area contributed by atoms with Crippen molar-refractivity contribution in [2.75, 3.05) is 5.32 Å². The predicted molar refractivity (Wildman–Crippen MR) is 91.4 cm³/mol. The van der Waals surface area contributed by atoms with E-state index in [1.807, 2.05) is 31.2 Å². The molecule has 0 aromatic heterocycles. The van der Waals surface area contributed by atoms with E-state index in [1.165, 1.54) is 12.1 Å². The molecule has 6 heteroatoms. The molecule has 0 radical (unpaired) electrons. The lowest BCUT2D eigenvalue weighted by atomic mass is 10.2. The van der Waals surface area contributed by atoms with Crippen molar-refractivity contribution in [3.63, 3.8) is 0 Å². The predicted octanol–water partition coefficient (Wildman–Crippen LogP) is 5.36. The van der Waals surface area contributed by atoms with Crippen LogP contribution >= 0.6 is 34.8 Å². The minimum absolute atomic E-state index is 0.281. The fraction of sp³-hybridized carbons (Fsp3) is 0.188. The number of para-hydroxylation sites is 1. The number of benzene rings is 2. The number of hydrogen-bond acceptors (Lipinski definition) is 2. The third-order valence-corrected chi connectivity index (χ3v) is 4.07. The molecule has 2 aromatic rings. The van der Waals surface area contributed by atoms with Crippen LogP contribution in [0.4, 0.5) is 5.69 Å². The Kier molecular flexibility index (Phi) is 5.57. The second kappa shape index (κ2) is 7.23. The Bertz CT molecular complexity index is 704. The summed E-state index contributed by atoms with van der Waals surface area (Å²) in [5.74, 6) is 0.0277. The van der Waals surface area contributed by atoms with Gasteiger partial charge >= 0.3 is 0 Å². The first kappa shape index (κ1) is 16.9. The molecule has 0 aliphatic carbocycles. The van der Waals surface area contributed by atoms with Crippen molar-refractivity contribution in [1.29, 1.82) is 0 Å². The highest BCUT2D eigenvalue weighted by molar-refractivity contribution is 6.43. The second-order valence-corrected chi connectivity index (χ2v) is 5.98. The molecule has 116 valence electrons. The average molecular weight is 359 g/mol. The molecule has 0 fully saturated rings. The van der Waals surface area contributed by atoms with Gasteiger partial charge in [-0.25, -0.2) is 0 Å². The smallest absolute Gasteiger partial charge is 0.265 e. The van der Waals surface area contributed by atoms with Gasteiger partial charge in [-0.1, -0.05) is 53.0 Å². The molecule has 0 aliphatic rings. The number of carbonyl (C=O) groups is 1. The molecule has 1 amide bonds. The maximum absolute atomic E-state index is 12.2. The molecule has 3 nitrogen and oxygen atoms in total. The van der Waals surface area contributed by atoms with Crippen LogP contribution in [0.5, 0.6) is 5.75 Å². The van der Waals surface area contributed by atoms with Crippen LogP contribution in [-0.4, -0.2) is 12.0 Å². The van der Waals surface area contributed by atoms with E-state index in [-0.39, 0.29) is 5.91 Å². The number of nitrogens with one attached hydrogen (secondary N) is 1. The summed E-state index contributed by atoms with van der Waals surface area (Å²) in [7, 11) is 0. The molecule has 0 saturated heterocycles. The number of rotatable bonds is 4. The number of hydrogen-bond donors (Lipinski definition) is 1. The van der Waals surface area contributed by atoms with Crippen LogP contribution < -0.4 is 10.1 Å². The van der Waals surface area contributed by atoms with Gasteiger partial charge in [0.1, 0.15) is 5.75 Å². The third-order valence-electron chi connectivity index (χ3n) is 3.05. The molecular weight excluding hydrogens is 345 g/mol. The van der Waals surface area contributed by atoms with Gasteiger partial charge in [0.05, 0.1) is 15.1 Å². The highest BCUT2D eigenvalue weighted by Gasteiger charge is 2.18. The molecule has 1 N–H and O–H groups in total. The maximum atomic E-state index is 12.2. The summed E-state index contributed by atoms with van der Waals surface area (Å²) in [4.78, 5) is 12.2. The van der Waals surface area contributed by atoms with Crippen LogP contribution in [0.25, 0.3) is 0 Å². The summed E-state index contributed by atoms with van der Waals surface area (Å²) < 4.78 is 5.57. The summed E-state index contributed by atoms with van der Waals surface area (Å²) in [6.07, 6.45) is -0.741. The molecule has 0 aliphatic heterocycles. The standard InChI is InChI=1S/C16H14Cl3NO2/c1-9-5-3-4-6-14(9)20-16(21)10(2)22-15-8-12(18)11(17)7-13(15)19/h3-8,10H,1-2H3,(H,20,21)/t10-/m0/s1. The van der Waals surface area contributed by atoms with Crippen molar-refractivity contribution in [2.45, 2.75) is 20.0 Å². The zero-order chi connectivity index (χ0) is 16.3. The summed E-state index contributed by atoms with van der Waals surface area (Å²) in [5.41, 5.74) is 1.71. The quantitative estimate of drug-likeness (QED) is 0.747. The Balaban J connectivity index is 2.09. The number of ether oxygens (including phenoxy) is 1. The van der Waals surface area contributed by atoms with Crippen LogP contribution in [0, 0.1) is 6.92 Å². The number of amides is 1. The highest BCUT2D eigenvalue weighted by Crippen LogP contribution is 2.34. The molecule has 0 spiro atoms. The molecule has 1 atom stereocenters. The number of halogens is 3. The molecule has 0 saturated carbocycles. The normalized spacial score (nSPS) is 11.9. The van der Waals surface area contributed by atoms with E-state index in [0.717, 1.165) is 11.3 Å². The molecular formula is C16H14Cl3NO2. The minimum atomic E-state index is -0.741. The first-order valence-electron chi connectivity index (χ1n) is 6.56. The summed E-state index contributed by atoms with van der Waals surface area (Å²) in [6, 6.07) is 10.5. The largest absolute Gasteiger partial charge is 0.479 e. The van der Waals surface area contributed by atoms with E-state index in [0.29, 0.717) is 20.8 Å². The lowest BCUT2D eigenvalue weighted by molar-refractivity contribution is -0.122. The Morgan fingerprint density at radius 3 is 2.41 bits per heavy atom. The van der Waals surface area contributed by atoms with E-state index in [1.54, 1.807) is 6.92 Å². The van der Waals surface area contributed by atoms with E-state index in [2.05, 4.69) is 5.32 Å². The number of carbonyl (C=O) groups excluding carboxylic acids is 1. The van der Waals surface area contributed by atoms with Crippen molar-refractivity contribution >= 4 is 46.4 Å². The first-order chi connectivity index (χ1) is 10.4. The van der Waals surface area contributed by atoms with Gasteiger partial charge in [0.2, 0.25) is 0 Å². The van der Waals surface area contributed by atoms with Crippen LogP contribution in [0.1, 0.15) is 12.5 Å². The average Bonchev–Trinajstić information content (AvgIpc) is 2.47. The van der Waals surface area contributed by atoms with Gasteiger partial charge in [-0.15, -0.1) is 0 Å². The highest BCUT2D eigenvalue weighted by atomic mass is 35.5. The lowest BCUT2D eigenvalue weighted by Crippen LogP contribution is -2.30. The van der Waals surface area contributed by atoms with Gasteiger partial charge in [0.25, 0.3) is 5.91 Å². The van der Waals surface area contributed by atoms with Crippen molar-refractivity contribution in [2.24, 2.45) is 0 Å². The Labute approximate surface area is 144 Å². The van der Waals surface area contributed by atoms with E-state index >= 15 is 0 Å². The van der Waals surface area contributed by atoms with Crippen molar-refractivity contribution < 1.29 is 9.53 Å².